The van der Waals surface area contributed by atoms with E-state index in [9.17, 15) is 0 Å². The van der Waals surface area contributed by atoms with E-state index in [1.807, 2.05) is 0 Å². The third kappa shape index (κ3) is 11.6. The first-order valence-electron chi connectivity index (χ1n) is 37.8. The standard InChI is InChI=1S/C95H115BN4/c1-59-49-71-74(92(19,20)47-45-90(71,15)16)55-79(59)99-81-51-69(97(65-35-27-61(28-36-65)86(3,4)5)66-37-29-62(30-38-66)87(6,7)8)43-44-77(81)96-78-54-73-76(95(25,26)58-94(73,23)24)57-82(78)100(80-56-75-72(50-60(80)2)91(17,18)46-48-93(75,21)22)84-53-70(52-83(99)85(84)96)98(67-39-31-63(32-40-67)88(9,10)11)68-41-33-64(34-42-68)89(12,13)14/h27-44,49-57H,45-48,58H2,1-26H3. The first-order chi connectivity index (χ1) is 46.4. The van der Waals surface area contributed by atoms with Crippen LogP contribution in [-0.2, 0) is 54.1 Å². The Hall–Kier alpha value is -7.76. The van der Waals surface area contributed by atoms with Gasteiger partial charge in [0.15, 0.2) is 0 Å². The minimum Gasteiger partial charge on any atom is -0.311 e. The largest absolute Gasteiger partial charge is 0.311 e. The zero-order chi connectivity index (χ0) is 72.1. The molecule has 5 aliphatic rings. The second-order valence-corrected chi connectivity index (χ2v) is 39.4. The minimum absolute atomic E-state index is 0.00392. The van der Waals surface area contributed by atoms with E-state index in [4.69, 9.17) is 0 Å². The first-order valence-corrected chi connectivity index (χ1v) is 37.8. The molecular weight excluding hydrogens is 1210 g/mol. The number of rotatable bonds is 8. The molecule has 0 radical (unpaired) electrons. The van der Waals surface area contributed by atoms with Crippen LogP contribution in [0.4, 0.5) is 68.2 Å². The van der Waals surface area contributed by atoms with Crippen LogP contribution in [0.15, 0.2) is 164 Å². The summed E-state index contributed by atoms with van der Waals surface area (Å²) in [4.78, 5) is 10.7. The van der Waals surface area contributed by atoms with Crippen molar-refractivity contribution in [3.05, 3.63) is 231 Å². The van der Waals surface area contributed by atoms with E-state index in [-0.39, 0.29) is 60.9 Å². The van der Waals surface area contributed by atoms with Gasteiger partial charge < -0.3 is 19.6 Å². The van der Waals surface area contributed by atoms with E-state index >= 15 is 0 Å². The Bertz CT molecular complexity index is 4620. The number of anilines is 12. The second-order valence-electron chi connectivity index (χ2n) is 39.4. The molecule has 0 unspecified atom stereocenters. The molecule has 0 aromatic heterocycles. The maximum atomic E-state index is 2.79. The molecule has 518 valence electrons. The van der Waals surface area contributed by atoms with Gasteiger partial charge in [0.1, 0.15) is 0 Å². The molecular formula is C95H115BN4. The topological polar surface area (TPSA) is 13.0 Å². The SMILES string of the molecule is Cc1cc2c(cc1N1c3cc(N(c4ccc(C(C)(C)C)cc4)c4ccc(C(C)(C)C)cc4)ccc3B3c4cc5c(cc4N(c4cc6c(cc4C)C(C)(C)CCC6(C)C)c4cc(N(c6ccc(C(C)(C)C)cc6)c6ccc(C(C)(C)C)cc6)cc1c43)C(C)(C)CC5(C)C)C(C)(C)CCC2(C)C. The second kappa shape index (κ2) is 22.9. The highest BCUT2D eigenvalue weighted by Crippen LogP contribution is 2.58. The molecule has 0 amide bonds. The van der Waals surface area contributed by atoms with Crippen LogP contribution in [0.2, 0.25) is 0 Å². The molecule has 0 bridgehead atoms. The van der Waals surface area contributed by atoms with Gasteiger partial charge in [0.05, 0.1) is 5.69 Å². The fourth-order valence-electron chi connectivity index (χ4n) is 18.5. The zero-order valence-electron chi connectivity index (χ0n) is 66.0. The number of benzene rings is 9. The summed E-state index contributed by atoms with van der Waals surface area (Å²) in [6.45, 7) is 62.6. The normalized spacial score (nSPS) is 18.1. The molecule has 0 spiro atoms. The third-order valence-corrected chi connectivity index (χ3v) is 24.8. The Morgan fingerprint density at radius 1 is 0.280 bits per heavy atom. The van der Waals surface area contributed by atoms with Gasteiger partial charge >= 0.3 is 0 Å². The molecule has 5 heteroatoms. The lowest BCUT2D eigenvalue weighted by Crippen LogP contribution is -2.61. The van der Waals surface area contributed by atoms with Crippen LogP contribution in [0, 0.1) is 13.8 Å². The van der Waals surface area contributed by atoms with Crippen molar-refractivity contribution in [3.63, 3.8) is 0 Å². The molecule has 2 aliphatic heterocycles. The fourth-order valence-corrected chi connectivity index (χ4v) is 18.5. The van der Waals surface area contributed by atoms with E-state index in [1.54, 1.807) is 0 Å². The smallest absolute Gasteiger partial charge is 0.252 e. The summed E-state index contributed by atoms with van der Waals surface area (Å²) in [5.74, 6) is 0. The van der Waals surface area contributed by atoms with Crippen LogP contribution < -0.4 is 36.0 Å². The van der Waals surface area contributed by atoms with Gasteiger partial charge in [0.2, 0.25) is 0 Å². The van der Waals surface area contributed by atoms with Crippen LogP contribution in [-0.4, -0.2) is 6.71 Å². The lowest BCUT2D eigenvalue weighted by atomic mass is 9.33. The Labute approximate surface area is 604 Å². The third-order valence-electron chi connectivity index (χ3n) is 24.8. The van der Waals surface area contributed by atoms with Crippen molar-refractivity contribution < 1.29 is 0 Å². The summed E-state index contributed by atoms with van der Waals surface area (Å²) in [5, 5.41) is 0. The van der Waals surface area contributed by atoms with Gasteiger partial charge in [-0.2, -0.15) is 0 Å². The van der Waals surface area contributed by atoms with Gasteiger partial charge in [0.25, 0.3) is 6.71 Å². The van der Waals surface area contributed by atoms with Crippen molar-refractivity contribution >= 4 is 91.3 Å². The van der Waals surface area contributed by atoms with E-state index in [1.165, 1.54) is 117 Å². The highest BCUT2D eigenvalue weighted by atomic mass is 15.2. The van der Waals surface area contributed by atoms with Gasteiger partial charge in [-0.15, -0.1) is 0 Å². The molecule has 9 aromatic rings. The van der Waals surface area contributed by atoms with Crippen molar-refractivity contribution in [3.8, 4) is 0 Å². The maximum Gasteiger partial charge on any atom is 0.252 e. The van der Waals surface area contributed by atoms with Gasteiger partial charge in [0, 0.05) is 62.6 Å². The van der Waals surface area contributed by atoms with Crippen molar-refractivity contribution in [2.75, 3.05) is 19.6 Å². The quantitative estimate of drug-likeness (QED) is 0.141. The molecule has 2 heterocycles. The molecule has 0 atom stereocenters. The fraction of sp³-hybridized carbons (Fsp3) is 0.432. The first kappa shape index (κ1) is 69.3. The van der Waals surface area contributed by atoms with Gasteiger partial charge in [-0.3, -0.25) is 0 Å². The van der Waals surface area contributed by atoms with E-state index in [0.717, 1.165) is 66.2 Å². The van der Waals surface area contributed by atoms with Gasteiger partial charge in [-0.05, 0) is 274 Å². The summed E-state index contributed by atoms with van der Waals surface area (Å²) in [5.41, 5.74) is 34.8. The summed E-state index contributed by atoms with van der Waals surface area (Å²) < 4.78 is 0. The number of fused-ring (bicyclic) bond motifs is 7. The van der Waals surface area contributed by atoms with Crippen LogP contribution >= 0.6 is 0 Å². The lowest BCUT2D eigenvalue weighted by Gasteiger charge is -2.48. The predicted octanol–water partition coefficient (Wildman–Crippen LogP) is 25.2. The molecule has 9 aromatic carbocycles. The van der Waals surface area contributed by atoms with Crippen LogP contribution in [0.5, 0.6) is 0 Å². The van der Waals surface area contributed by atoms with Gasteiger partial charge in [-0.1, -0.05) is 239 Å². The summed E-state index contributed by atoms with van der Waals surface area (Å²) in [6.07, 6.45) is 5.64. The Morgan fingerprint density at radius 2 is 0.550 bits per heavy atom. The number of hydrogen-bond donors (Lipinski definition) is 0. The van der Waals surface area contributed by atoms with E-state index < -0.39 is 0 Å². The van der Waals surface area contributed by atoms with Crippen LogP contribution in [0.3, 0.4) is 0 Å². The summed E-state index contributed by atoms with van der Waals surface area (Å²) in [6, 6.07) is 66.7. The lowest BCUT2D eigenvalue weighted by molar-refractivity contribution is 0.332. The monoisotopic (exact) mass is 1320 g/mol. The van der Waals surface area contributed by atoms with E-state index in [0.29, 0.717) is 0 Å². The molecule has 0 saturated heterocycles. The Morgan fingerprint density at radius 3 is 0.890 bits per heavy atom. The highest BCUT2D eigenvalue weighted by molar-refractivity contribution is 7.00. The Kier molecular flexibility index (Phi) is 15.9. The van der Waals surface area contributed by atoms with E-state index in [2.05, 4.69) is 363 Å². The van der Waals surface area contributed by atoms with Crippen molar-refractivity contribution in [2.24, 2.45) is 0 Å². The molecule has 0 saturated carbocycles. The highest BCUT2D eigenvalue weighted by Gasteiger charge is 2.50. The average molecular weight is 1320 g/mol. The van der Waals surface area contributed by atoms with Gasteiger partial charge in [-0.25, -0.2) is 0 Å². The van der Waals surface area contributed by atoms with Crippen LogP contribution in [0.1, 0.15) is 265 Å². The molecule has 3 aliphatic carbocycles. The molecule has 0 fully saturated rings. The minimum atomic E-state index is -0.131. The number of aryl methyl sites for hydroxylation is 2. The maximum absolute atomic E-state index is 2.79. The Balaban J connectivity index is 1.16. The molecule has 100 heavy (non-hydrogen) atoms. The predicted molar refractivity (Wildman–Crippen MR) is 435 cm³/mol. The molecule has 0 N–H and O–H groups in total. The molecule has 14 rings (SSSR count). The average Bonchev–Trinajstić information content (AvgIpc) is 0.975. The van der Waals surface area contributed by atoms with Crippen molar-refractivity contribution in [2.45, 2.75) is 266 Å². The van der Waals surface area contributed by atoms with Crippen molar-refractivity contribution in [1.82, 2.24) is 0 Å². The zero-order valence-corrected chi connectivity index (χ0v) is 66.0. The number of nitrogens with zero attached hydrogens (tertiary/aromatic N) is 4. The van der Waals surface area contributed by atoms with Crippen molar-refractivity contribution in [1.29, 1.82) is 0 Å². The molecule has 4 nitrogen and oxygen atoms in total. The summed E-state index contributed by atoms with van der Waals surface area (Å²) in [7, 11) is 0. The number of hydrogen-bond acceptors (Lipinski definition) is 4. The summed E-state index contributed by atoms with van der Waals surface area (Å²) >= 11 is 0. The van der Waals surface area contributed by atoms with Crippen LogP contribution in [0.25, 0.3) is 0 Å².